The van der Waals surface area contributed by atoms with Gasteiger partial charge in [-0.2, -0.15) is 0 Å². The number of aromatic nitrogens is 2. The highest BCUT2D eigenvalue weighted by Gasteiger charge is 2.08. The fraction of sp³-hybridized carbons (Fsp3) is 0.0556. The number of hydrogen-bond donors (Lipinski definition) is 3. The molecule has 0 saturated heterocycles. The monoisotopic (exact) mass is 320 g/mol. The van der Waals surface area contributed by atoms with Crippen LogP contribution in [0.25, 0.3) is 11.4 Å². The number of anilines is 2. The van der Waals surface area contributed by atoms with Gasteiger partial charge in [0.15, 0.2) is 0 Å². The fourth-order valence-electron chi connectivity index (χ4n) is 2.31. The summed E-state index contributed by atoms with van der Waals surface area (Å²) < 4.78 is 0. The van der Waals surface area contributed by atoms with E-state index < -0.39 is 0 Å². The standard InChI is InChI=1S/C18H16N4O2/c1-12(23)21-15-6-3-5-14(11-15)18(24)22-16-7-2-4-13(10-16)17-19-8-9-20-17/h2-11H,1H3,(H,19,20)(H,21,23)(H,22,24). The van der Waals surface area contributed by atoms with Crippen LogP contribution in [0, 0.1) is 0 Å². The van der Waals surface area contributed by atoms with Gasteiger partial charge in [0.2, 0.25) is 5.91 Å². The predicted octanol–water partition coefficient (Wildman–Crippen LogP) is 3.29. The summed E-state index contributed by atoms with van der Waals surface area (Å²) in [6.07, 6.45) is 3.42. The summed E-state index contributed by atoms with van der Waals surface area (Å²) in [4.78, 5) is 30.7. The first-order valence-electron chi connectivity index (χ1n) is 7.40. The van der Waals surface area contributed by atoms with Crippen molar-refractivity contribution in [2.24, 2.45) is 0 Å². The Balaban J connectivity index is 1.78. The molecule has 0 unspecified atom stereocenters. The largest absolute Gasteiger partial charge is 0.345 e. The molecule has 3 aromatic rings. The number of carbonyl (C=O) groups is 2. The van der Waals surface area contributed by atoms with Crippen molar-refractivity contribution >= 4 is 23.2 Å². The minimum Gasteiger partial charge on any atom is -0.345 e. The Morgan fingerprint density at radius 3 is 2.46 bits per heavy atom. The van der Waals surface area contributed by atoms with Crippen molar-refractivity contribution in [1.82, 2.24) is 9.97 Å². The number of nitrogens with one attached hydrogen (secondary N) is 3. The van der Waals surface area contributed by atoms with Crippen molar-refractivity contribution in [3.63, 3.8) is 0 Å². The third-order valence-corrected chi connectivity index (χ3v) is 3.34. The lowest BCUT2D eigenvalue weighted by Crippen LogP contribution is -2.13. The molecule has 2 aromatic carbocycles. The number of amides is 2. The molecule has 0 aliphatic rings. The number of rotatable bonds is 4. The highest BCUT2D eigenvalue weighted by Crippen LogP contribution is 2.20. The summed E-state index contributed by atoms with van der Waals surface area (Å²) in [6.45, 7) is 1.42. The highest BCUT2D eigenvalue weighted by molar-refractivity contribution is 6.05. The molecule has 1 heterocycles. The van der Waals surface area contributed by atoms with Gasteiger partial charge >= 0.3 is 0 Å². The van der Waals surface area contributed by atoms with Crippen molar-refractivity contribution in [1.29, 1.82) is 0 Å². The predicted molar refractivity (Wildman–Crippen MR) is 92.7 cm³/mol. The second-order valence-corrected chi connectivity index (χ2v) is 5.23. The Labute approximate surface area is 138 Å². The van der Waals surface area contributed by atoms with Crippen LogP contribution in [0.2, 0.25) is 0 Å². The normalized spacial score (nSPS) is 10.2. The first-order chi connectivity index (χ1) is 11.6. The zero-order chi connectivity index (χ0) is 16.9. The molecule has 0 spiro atoms. The van der Waals surface area contributed by atoms with E-state index in [2.05, 4.69) is 20.6 Å². The molecular weight excluding hydrogens is 304 g/mol. The van der Waals surface area contributed by atoms with Gasteiger partial charge in [0.05, 0.1) is 0 Å². The van der Waals surface area contributed by atoms with E-state index in [9.17, 15) is 9.59 Å². The highest BCUT2D eigenvalue weighted by atomic mass is 16.2. The van der Waals surface area contributed by atoms with Gasteiger partial charge in [-0.1, -0.05) is 18.2 Å². The van der Waals surface area contributed by atoms with E-state index in [-0.39, 0.29) is 11.8 Å². The molecule has 0 bridgehead atoms. The van der Waals surface area contributed by atoms with Gasteiger partial charge in [-0.25, -0.2) is 4.98 Å². The maximum atomic E-state index is 12.4. The zero-order valence-electron chi connectivity index (χ0n) is 13.0. The summed E-state index contributed by atoms with van der Waals surface area (Å²) >= 11 is 0. The van der Waals surface area contributed by atoms with Gasteiger partial charge in [0.25, 0.3) is 5.91 Å². The number of H-pyrrole nitrogens is 1. The molecule has 3 rings (SSSR count). The first-order valence-corrected chi connectivity index (χ1v) is 7.40. The summed E-state index contributed by atoms with van der Waals surface area (Å²) in [5, 5.41) is 5.51. The van der Waals surface area contributed by atoms with Crippen LogP contribution in [-0.4, -0.2) is 21.8 Å². The molecule has 0 radical (unpaired) electrons. The lowest BCUT2D eigenvalue weighted by Gasteiger charge is -2.08. The van der Waals surface area contributed by atoms with Crippen LogP contribution in [0.4, 0.5) is 11.4 Å². The molecular formula is C18H16N4O2. The van der Waals surface area contributed by atoms with E-state index in [1.165, 1.54) is 6.92 Å². The van der Waals surface area contributed by atoms with E-state index in [0.717, 1.165) is 11.4 Å². The van der Waals surface area contributed by atoms with Gasteiger partial charge in [-0.15, -0.1) is 0 Å². The lowest BCUT2D eigenvalue weighted by atomic mass is 10.1. The summed E-state index contributed by atoms with van der Waals surface area (Å²) in [6, 6.07) is 14.2. The molecule has 120 valence electrons. The summed E-state index contributed by atoms with van der Waals surface area (Å²) in [5.74, 6) is 0.302. The average molecular weight is 320 g/mol. The number of hydrogen-bond acceptors (Lipinski definition) is 3. The van der Waals surface area contributed by atoms with Crippen molar-refractivity contribution in [2.75, 3.05) is 10.6 Å². The molecule has 2 amide bonds. The van der Waals surface area contributed by atoms with Crippen LogP contribution in [0.3, 0.4) is 0 Å². The fourth-order valence-corrected chi connectivity index (χ4v) is 2.31. The SMILES string of the molecule is CC(=O)Nc1cccc(C(=O)Nc2cccc(-c3ncc[nH]3)c2)c1. The Hall–Kier alpha value is -3.41. The quantitative estimate of drug-likeness (QED) is 0.689. The third-order valence-electron chi connectivity index (χ3n) is 3.34. The lowest BCUT2D eigenvalue weighted by molar-refractivity contribution is -0.114. The van der Waals surface area contributed by atoms with Crippen molar-refractivity contribution in [3.8, 4) is 11.4 Å². The molecule has 1 aromatic heterocycles. The van der Waals surface area contributed by atoms with Crippen molar-refractivity contribution in [2.45, 2.75) is 6.92 Å². The van der Waals surface area contributed by atoms with Crippen molar-refractivity contribution in [3.05, 3.63) is 66.5 Å². The van der Waals surface area contributed by atoms with Gasteiger partial charge in [0.1, 0.15) is 5.82 Å². The zero-order valence-corrected chi connectivity index (χ0v) is 13.0. The first kappa shape index (κ1) is 15.5. The Morgan fingerprint density at radius 1 is 1.00 bits per heavy atom. The van der Waals surface area contributed by atoms with Gasteiger partial charge in [0, 0.05) is 41.8 Å². The molecule has 0 saturated carbocycles. The molecule has 0 aliphatic heterocycles. The minimum absolute atomic E-state index is 0.182. The van der Waals surface area contributed by atoms with Crippen LogP contribution in [-0.2, 0) is 4.79 Å². The topological polar surface area (TPSA) is 86.9 Å². The van der Waals surface area contributed by atoms with Crippen LogP contribution in [0.15, 0.2) is 60.9 Å². The molecule has 0 atom stereocenters. The third kappa shape index (κ3) is 3.67. The molecule has 6 heteroatoms. The Kier molecular flexibility index (Phi) is 4.38. The second-order valence-electron chi connectivity index (χ2n) is 5.23. The van der Waals surface area contributed by atoms with Crippen LogP contribution < -0.4 is 10.6 Å². The van der Waals surface area contributed by atoms with E-state index in [1.807, 2.05) is 24.3 Å². The summed E-state index contributed by atoms with van der Waals surface area (Å²) in [5.41, 5.74) is 2.59. The van der Waals surface area contributed by atoms with Crippen molar-refractivity contribution < 1.29 is 9.59 Å². The van der Waals surface area contributed by atoms with Crippen LogP contribution >= 0.6 is 0 Å². The molecule has 0 aliphatic carbocycles. The van der Waals surface area contributed by atoms with Gasteiger partial charge in [-0.3, -0.25) is 9.59 Å². The van der Waals surface area contributed by atoms with E-state index >= 15 is 0 Å². The van der Waals surface area contributed by atoms with Gasteiger partial charge < -0.3 is 15.6 Å². The second kappa shape index (κ2) is 6.78. The van der Waals surface area contributed by atoms with Crippen LogP contribution in [0.5, 0.6) is 0 Å². The van der Waals surface area contributed by atoms with E-state index in [0.29, 0.717) is 16.9 Å². The number of nitrogens with zero attached hydrogens (tertiary/aromatic N) is 1. The van der Waals surface area contributed by atoms with E-state index in [4.69, 9.17) is 0 Å². The average Bonchev–Trinajstić information content (AvgIpc) is 3.09. The molecule has 24 heavy (non-hydrogen) atoms. The number of carbonyl (C=O) groups excluding carboxylic acids is 2. The van der Waals surface area contributed by atoms with Crippen LogP contribution in [0.1, 0.15) is 17.3 Å². The minimum atomic E-state index is -0.251. The molecule has 3 N–H and O–H groups in total. The number of benzene rings is 2. The maximum absolute atomic E-state index is 12.4. The maximum Gasteiger partial charge on any atom is 0.255 e. The number of imidazole rings is 1. The van der Waals surface area contributed by atoms with Gasteiger partial charge in [-0.05, 0) is 30.3 Å². The molecule has 6 nitrogen and oxygen atoms in total. The molecule has 0 fully saturated rings. The Morgan fingerprint density at radius 2 is 1.75 bits per heavy atom. The number of aromatic amines is 1. The smallest absolute Gasteiger partial charge is 0.255 e. The summed E-state index contributed by atoms with van der Waals surface area (Å²) in [7, 11) is 0. The Bertz CT molecular complexity index is 872. The van der Waals surface area contributed by atoms with E-state index in [1.54, 1.807) is 36.7 Å².